The van der Waals surface area contributed by atoms with Crippen LogP contribution in [-0.2, 0) is 6.18 Å². The van der Waals surface area contributed by atoms with E-state index in [2.05, 4.69) is 26.7 Å². The highest BCUT2D eigenvalue weighted by molar-refractivity contribution is 5.56. The number of nitrogens with one attached hydrogen (secondary N) is 1. The molecule has 0 bridgehead atoms. The zero-order valence-corrected chi connectivity index (χ0v) is 20.6. The predicted octanol–water partition coefficient (Wildman–Crippen LogP) is 5.12. The number of nitrogens with zero attached hydrogens (tertiary/aromatic N) is 6. The third-order valence-corrected chi connectivity index (χ3v) is 7.31. The summed E-state index contributed by atoms with van der Waals surface area (Å²) in [6.07, 6.45) is 4.76. The molecule has 0 amide bonds. The minimum atomic E-state index is -4.43. The topological polar surface area (TPSA) is 60.4 Å². The fourth-order valence-electron chi connectivity index (χ4n) is 5.39. The lowest BCUT2D eigenvalue weighted by Gasteiger charge is -2.37. The molecule has 3 aliphatic rings. The van der Waals surface area contributed by atoms with Crippen LogP contribution in [0.4, 0.5) is 36.6 Å². The fraction of sp³-hybridized carbons (Fsp3) is 0.577. The van der Waals surface area contributed by atoms with Gasteiger partial charge >= 0.3 is 6.18 Å². The summed E-state index contributed by atoms with van der Waals surface area (Å²) in [7, 11) is 0. The maximum Gasteiger partial charge on any atom is 0.419 e. The Morgan fingerprint density at radius 1 is 0.917 bits per heavy atom. The third-order valence-electron chi connectivity index (χ3n) is 7.31. The van der Waals surface area contributed by atoms with Crippen LogP contribution in [-0.4, -0.2) is 60.3 Å². The molecule has 3 fully saturated rings. The van der Waals surface area contributed by atoms with Gasteiger partial charge < -0.3 is 20.0 Å². The Balaban J connectivity index is 1.35. The SMILES string of the molecule is C=C1CCCC(Nc2cc(N3CCCCC3)nc(N3CCN(c4ncccc4C(F)(F)F)CC3)n2)C1. The van der Waals surface area contributed by atoms with E-state index in [9.17, 15) is 13.2 Å². The number of rotatable bonds is 5. The van der Waals surface area contributed by atoms with Crippen LogP contribution in [0.2, 0.25) is 0 Å². The van der Waals surface area contributed by atoms with E-state index in [1.807, 2.05) is 6.07 Å². The van der Waals surface area contributed by atoms with Crippen LogP contribution in [0.1, 0.15) is 50.5 Å². The summed E-state index contributed by atoms with van der Waals surface area (Å²) in [6, 6.07) is 4.78. The molecule has 2 aromatic rings. The first-order valence-corrected chi connectivity index (χ1v) is 13.0. The van der Waals surface area contributed by atoms with Gasteiger partial charge in [-0.15, -0.1) is 0 Å². The molecule has 0 radical (unpaired) electrons. The zero-order valence-electron chi connectivity index (χ0n) is 20.6. The molecule has 7 nitrogen and oxygen atoms in total. The minimum Gasteiger partial charge on any atom is -0.367 e. The maximum atomic E-state index is 13.5. The molecule has 1 atom stereocenters. The number of halogens is 3. The number of anilines is 4. The number of pyridine rings is 1. The molecule has 1 N–H and O–H groups in total. The van der Waals surface area contributed by atoms with Crippen LogP contribution >= 0.6 is 0 Å². The summed E-state index contributed by atoms with van der Waals surface area (Å²) in [4.78, 5) is 19.9. The second-order valence-corrected chi connectivity index (χ2v) is 9.99. The van der Waals surface area contributed by atoms with Crippen molar-refractivity contribution in [1.82, 2.24) is 15.0 Å². The molecule has 5 rings (SSSR count). The number of piperidine rings is 1. The predicted molar refractivity (Wildman–Crippen MR) is 137 cm³/mol. The van der Waals surface area contributed by atoms with Gasteiger partial charge in [0.05, 0.1) is 5.56 Å². The third kappa shape index (κ3) is 5.68. The van der Waals surface area contributed by atoms with Crippen LogP contribution in [0.15, 0.2) is 36.5 Å². The molecule has 4 heterocycles. The minimum absolute atomic E-state index is 0.00693. The van der Waals surface area contributed by atoms with E-state index in [0.717, 1.165) is 69.3 Å². The monoisotopic (exact) mass is 501 g/mol. The van der Waals surface area contributed by atoms with Crippen molar-refractivity contribution in [3.05, 3.63) is 42.1 Å². The highest BCUT2D eigenvalue weighted by atomic mass is 19.4. The first-order chi connectivity index (χ1) is 17.4. The van der Waals surface area contributed by atoms with E-state index in [0.29, 0.717) is 38.2 Å². The van der Waals surface area contributed by atoms with Crippen LogP contribution in [0.5, 0.6) is 0 Å². The Hall–Kier alpha value is -3.04. The quantitative estimate of drug-likeness (QED) is 0.571. The van der Waals surface area contributed by atoms with Gasteiger partial charge in [-0.2, -0.15) is 23.1 Å². The van der Waals surface area contributed by atoms with E-state index in [-0.39, 0.29) is 5.82 Å². The lowest BCUT2D eigenvalue weighted by atomic mass is 9.92. The van der Waals surface area contributed by atoms with Crippen LogP contribution < -0.4 is 20.0 Å². The largest absolute Gasteiger partial charge is 0.419 e. The van der Waals surface area contributed by atoms with Crippen molar-refractivity contribution >= 4 is 23.4 Å². The van der Waals surface area contributed by atoms with Gasteiger partial charge in [0.15, 0.2) is 0 Å². The van der Waals surface area contributed by atoms with Crippen LogP contribution in [0.3, 0.4) is 0 Å². The molecule has 1 aliphatic carbocycles. The Bertz CT molecular complexity index is 1060. The number of alkyl halides is 3. The first-order valence-electron chi connectivity index (χ1n) is 13.0. The second kappa shape index (κ2) is 10.5. The van der Waals surface area contributed by atoms with E-state index < -0.39 is 11.7 Å². The number of hydrogen-bond donors (Lipinski definition) is 1. The first kappa shape index (κ1) is 24.6. The molecular formula is C26H34F3N7. The van der Waals surface area contributed by atoms with E-state index in [1.54, 1.807) is 4.90 Å². The van der Waals surface area contributed by atoms with Gasteiger partial charge in [-0.1, -0.05) is 12.2 Å². The lowest BCUT2D eigenvalue weighted by molar-refractivity contribution is -0.137. The summed E-state index contributed by atoms with van der Waals surface area (Å²) in [5, 5.41) is 3.62. The number of aromatic nitrogens is 3. The molecule has 194 valence electrons. The van der Waals surface area contributed by atoms with Crippen molar-refractivity contribution < 1.29 is 13.2 Å². The van der Waals surface area contributed by atoms with Gasteiger partial charge in [-0.05, 0) is 57.1 Å². The highest BCUT2D eigenvalue weighted by Gasteiger charge is 2.36. The smallest absolute Gasteiger partial charge is 0.367 e. The molecule has 2 aromatic heterocycles. The Labute approximate surface area is 210 Å². The van der Waals surface area contributed by atoms with Gasteiger partial charge in [-0.3, -0.25) is 0 Å². The van der Waals surface area contributed by atoms with Crippen molar-refractivity contribution in [3.8, 4) is 0 Å². The molecule has 2 aliphatic heterocycles. The van der Waals surface area contributed by atoms with Gasteiger partial charge in [0.25, 0.3) is 0 Å². The van der Waals surface area contributed by atoms with Crippen molar-refractivity contribution in [2.24, 2.45) is 0 Å². The normalized spacial score (nSPS) is 21.6. The summed E-state index contributed by atoms with van der Waals surface area (Å²) >= 11 is 0. The molecular weight excluding hydrogens is 467 g/mol. The Morgan fingerprint density at radius 2 is 1.67 bits per heavy atom. The average Bonchev–Trinajstić information content (AvgIpc) is 2.89. The van der Waals surface area contributed by atoms with Gasteiger partial charge in [0.1, 0.15) is 17.5 Å². The van der Waals surface area contributed by atoms with Crippen molar-refractivity contribution in [3.63, 3.8) is 0 Å². The van der Waals surface area contributed by atoms with Crippen LogP contribution in [0.25, 0.3) is 0 Å². The van der Waals surface area contributed by atoms with Crippen LogP contribution in [0, 0.1) is 0 Å². The van der Waals surface area contributed by atoms with Crippen molar-refractivity contribution in [2.45, 2.75) is 57.2 Å². The van der Waals surface area contributed by atoms with E-state index >= 15 is 0 Å². The van der Waals surface area contributed by atoms with E-state index in [4.69, 9.17) is 9.97 Å². The zero-order chi connectivity index (χ0) is 25.1. The molecule has 0 spiro atoms. The van der Waals surface area contributed by atoms with Crippen molar-refractivity contribution in [1.29, 1.82) is 0 Å². The highest BCUT2D eigenvalue weighted by Crippen LogP contribution is 2.36. The fourth-order valence-corrected chi connectivity index (χ4v) is 5.39. The van der Waals surface area contributed by atoms with E-state index in [1.165, 1.54) is 24.3 Å². The van der Waals surface area contributed by atoms with Gasteiger partial charge in [0.2, 0.25) is 5.95 Å². The number of piperazine rings is 1. The summed E-state index contributed by atoms with van der Waals surface area (Å²) < 4.78 is 40.5. The lowest BCUT2D eigenvalue weighted by Crippen LogP contribution is -2.48. The van der Waals surface area contributed by atoms with Crippen molar-refractivity contribution in [2.75, 3.05) is 59.3 Å². The van der Waals surface area contributed by atoms with Gasteiger partial charge in [-0.25, -0.2) is 4.98 Å². The molecule has 36 heavy (non-hydrogen) atoms. The average molecular weight is 502 g/mol. The molecule has 10 heteroatoms. The molecule has 2 saturated heterocycles. The standard InChI is InChI=1S/C26H34F3N7/c1-19-7-5-8-20(17-19)31-22-18-23(34-11-3-2-4-12-34)33-25(32-22)36-15-13-35(14-16-36)24-21(26(27,28)29)9-6-10-30-24/h6,9-10,18,20H,1-5,7-8,11-17H2,(H,31,32,33). The summed E-state index contributed by atoms with van der Waals surface area (Å²) in [5.74, 6) is 2.36. The molecule has 1 saturated carbocycles. The summed E-state index contributed by atoms with van der Waals surface area (Å²) in [6.45, 7) is 8.01. The van der Waals surface area contributed by atoms with Gasteiger partial charge in [0, 0.05) is 57.6 Å². The number of hydrogen-bond acceptors (Lipinski definition) is 7. The second-order valence-electron chi connectivity index (χ2n) is 9.99. The maximum absolute atomic E-state index is 13.5. The summed E-state index contributed by atoms with van der Waals surface area (Å²) in [5.41, 5.74) is 0.579. The Morgan fingerprint density at radius 3 is 2.39 bits per heavy atom. The Kier molecular flexibility index (Phi) is 7.20. The molecule has 1 unspecified atom stereocenters. The molecule has 0 aromatic carbocycles.